The van der Waals surface area contributed by atoms with Crippen molar-refractivity contribution in [3.63, 3.8) is 0 Å². The molecule has 0 radical (unpaired) electrons. The maximum absolute atomic E-state index is 2.55. The third-order valence-electron chi connectivity index (χ3n) is 3.62. The zero-order chi connectivity index (χ0) is 8.28. The fourth-order valence-electron chi connectivity index (χ4n) is 2.83. The van der Waals surface area contributed by atoms with Crippen LogP contribution in [0.5, 0.6) is 0 Å². The Bertz CT molecular complexity index is 161. The molecule has 0 N–H and O–H groups in total. The van der Waals surface area contributed by atoms with Crippen molar-refractivity contribution in [1.82, 2.24) is 0 Å². The average Bonchev–Trinajstić information content (AvgIpc) is 2.33. The second-order valence-electron chi connectivity index (χ2n) is 4.57. The van der Waals surface area contributed by atoms with Gasteiger partial charge in [-0.1, -0.05) is 37.8 Å². The van der Waals surface area contributed by atoms with Crippen LogP contribution in [0.15, 0.2) is 12.2 Å². The molecule has 2 rings (SSSR count). The van der Waals surface area contributed by atoms with Gasteiger partial charge in [-0.2, -0.15) is 0 Å². The third kappa shape index (κ3) is 1.73. The van der Waals surface area contributed by atoms with Gasteiger partial charge in [0.05, 0.1) is 0 Å². The van der Waals surface area contributed by atoms with E-state index in [0.29, 0.717) is 5.41 Å². The topological polar surface area (TPSA) is 0 Å². The fourth-order valence-corrected chi connectivity index (χ4v) is 2.83. The Morgan fingerprint density at radius 2 is 1.42 bits per heavy atom. The van der Waals surface area contributed by atoms with E-state index < -0.39 is 0 Å². The Morgan fingerprint density at radius 3 is 2.17 bits per heavy atom. The van der Waals surface area contributed by atoms with Crippen LogP contribution in [0.1, 0.15) is 57.8 Å². The monoisotopic (exact) mass is 164 g/mol. The molecule has 12 heavy (non-hydrogen) atoms. The Balaban J connectivity index is 2.04. The molecule has 68 valence electrons. The van der Waals surface area contributed by atoms with Crippen molar-refractivity contribution in [3.8, 4) is 0 Å². The molecule has 0 heterocycles. The van der Waals surface area contributed by atoms with Gasteiger partial charge < -0.3 is 0 Å². The second kappa shape index (κ2) is 3.64. The molecule has 0 unspecified atom stereocenters. The maximum Gasteiger partial charge on any atom is -0.0118 e. The predicted molar refractivity (Wildman–Crippen MR) is 53.1 cm³/mol. The van der Waals surface area contributed by atoms with E-state index in [1.807, 2.05) is 0 Å². The summed E-state index contributed by atoms with van der Waals surface area (Å²) in [4.78, 5) is 0. The van der Waals surface area contributed by atoms with Gasteiger partial charge in [-0.25, -0.2) is 0 Å². The van der Waals surface area contributed by atoms with Gasteiger partial charge in [-0.15, -0.1) is 0 Å². The molecule has 0 atom stereocenters. The lowest BCUT2D eigenvalue weighted by Crippen LogP contribution is -2.20. The highest BCUT2D eigenvalue weighted by Gasteiger charge is 2.29. The predicted octanol–water partition coefficient (Wildman–Crippen LogP) is 4.07. The van der Waals surface area contributed by atoms with Gasteiger partial charge in [0.2, 0.25) is 0 Å². The van der Waals surface area contributed by atoms with E-state index in [2.05, 4.69) is 12.2 Å². The molecule has 0 amide bonds. The lowest BCUT2D eigenvalue weighted by Gasteiger charge is -2.34. The largest absolute Gasteiger partial charge is 0.0880 e. The van der Waals surface area contributed by atoms with Crippen molar-refractivity contribution in [3.05, 3.63) is 12.2 Å². The summed E-state index contributed by atoms with van der Waals surface area (Å²) in [5.41, 5.74) is 0.661. The summed E-state index contributed by atoms with van der Waals surface area (Å²) in [6, 6.07) is 0. The van der Waals surface area contributed by atoms with Gasteiger partial charge in [0.25, 0.3) is 0 Å². The van der Waals surface area contributed by atoms with Gasteiger partial charge in [0, 0.05) is 0 Å². The van der Waals surface area contributed by atoms with Crippen molar-refractivity contribution in [2.75, 3.05) is 0 Å². The third-order valence-corrected chi connectivity index (χ3v) is 3.62. The highest BCUT2D eigenvalue weighted by atomic mass is 14.3. The summed E-state index contributed by atoms with van der Waals surface area (Å²) in [7, 11) is 0. The van der Waals surface area contributed by atoms with E-state index >= 15 is 0 Å². The van der Waals surface area contributed by atoms with Crippen LogP contribution in [0.25, 0.3) is 0 Å². The first kappa shape index (κ1) is 8.34. The van der Waals surface area contributed by atoms with Gasteiger partial charge in [0.1, 0.15) is 0 Å². The van der Waals surface area contributed by atoms with Crippen LogP contribution in [0.2, 0.25) is 0 Å². The van der Waals surface area contributed by atoms with Crippen molar-refractivity contribution in [2.45, 2.75) is 57.8 Å². The first-order valence-electron chi connectivity index (χ1n) is 5.59. The summed E-state index contributed by atoms with van der Waals surface area (Å²) >= 11 is 0. The van der Waals surface area contributed by atoms with Gasteiger partial charge in [-0.3, -0.25) is 0 Å². The first-order chi connectivity index (χ1) is 5.91. The van der Waals surface area contributed by atoms with E-state index in [-0.39, 0.29) is 0 Å². The Hall–Kier alpha value is -0.260. The highest BCUT2D eigenvalue weighted by molar-refractivity contribution is 5.02. The average molecular weight is 164 g/mol. The number of rotatable bonds is 0. The number of hydrogen-bond acceptors (Lipinski definition) is 0. The van der Waals surface area contributed by atoms with Crippen LogP contribution in [0, 0.1) is 5.41 Å². The van der Waals surface area contributed by atoms with Gasteiger partial charge in [-0.05, 0) is 37.5 Å². The lowest BCUT2D eigenvalue weighted by atomic mass is 9.71. The molecule has 1 spiro atoms. The first-order valence-corrected chi connectivity index (χ1v) is 5.59. The Morgan fingerprint density at radius 1 is 0.750 bits per heavy atom. The van der Waals surface area contributed by atoms with Gasteiger partial charge >= 0.3 is 0 Å². The fraction of sp³-hybridized carbons (Fsp3) is 0.833. The SMILES string of the molecule is C1=CC2(CCCC1)CCCCC2. The van der Waals surface area contributed by atoms with Crippen molar-refractivity contribution in [2.24, 2.45) is 5.41 Å². The summed E-state index contributed by atoms with van der Waals surface area (Å²) in [5, 5.41) is 0. The number of allylic oxidation sites excluding steroid dienone is 2. The van der Waals surface area contributed by atoms with Crippen LogP contribution >= 0.6 is 0 Å². The van der Waals surface area contributed by atoms with E-state index in [0.717, 1.165) is 0 Å². The summed E-state index contributed by atoms with van der Waals surface area (Å²) in [5.74, 6) is 0. The van der Waals surface area contributed by atoms with E-state index in [9.17, 15) is 0 Å². The molecule has 0 aromatic heterocycles. The molecule has 0 nitrogen and oxygen atoms in total. The molecular weight excluding hydrogens is 144 g/mol. The van der Waals surface area contributed by atoms with Crippen LogP contribution in [0.4, 0.5) is 0 Å². The lowest BCUT2D eigenvalue weighted by molar-refractivity contribution is 0.236. The normalized spacial score (nSPS) is 28.7. The standard InChI is InChI=1S/C12H20/c1-2-5-9-12(8-4-1)10-6-3-7-11-12/h4,8H,1-3,5-7,9-11H2. The minimum Gasteiger partial charge on any atom is -0.0880 e. The molecule has 0 aromatic rings. The minimum atomic E-state index is 0.661. The van der Waals surface area contributed by atoms with E-state index in [4.69, 9.17) is 0 Å². The zero-order valence-corrected chi connectivity index (χ0v) is 8.02. The summed E-state index contributed by atoms with van der Waals surface area (Å²) in [6.07, 6.45) is 18.1. The number of hydrogen-bond donors (Lipinski definition) is 0. The molecular formula is C12H20. The molecule has 0 aliphatic heterocycles. The summed E-state index contributed by atoms with van der Waals surface area (Å²) in [6.45, 7) is 0. The van der Waals surface area contributed by atoms with Crippen molar-refractivity contribution >= 4 is 0 Å². The molecule has 1 fully saturated rings. The quantitative estimate of drug-likeness (QED) is 0.473. The van der Waals surface area contributed by atoms with E-state index in [1.54, 1.807) is 0 Å². The Labute approximate surface area is 76.1 Å². The maximum atomic E-state index is 2.55. The molecule has 0 bridgehead atoms. The van der Waals surface area contributed by atoms with Crippen LogP contribution < -0.4 is 0 Å². The molecule has 1 saturated carbocycles. The molecule has 2 aliphatic rings. The summed E-state index contributed by atoms with van der Waals surface area (Å²) < 4.78 is 0. The van der Waals surface area contributed by atoms with Crippen LogP contribution in [0.3, 0.4) is 0 Å². The van der Waals surface area contributed by atoms with Crippen LogP contribution in [-0.4, -0.2) is 0 Å². The van der Waals surface area contributed by atoms with Gasteiger partial charge in [0.15, 0.2) is 0 Å². The van der Waals surface area contributed by atoms with Crippen LogP contribution in [-0.2, 0) is 0 Å². The highest BCUT2D eigenvalue weighted by Crippen LogP contribution is 2.43. The molecule has 0 saturated heterocycles. The Kier molecular flexibility index (Phi) is 2.53. The minimum absolute atomic E-state index is 0.661. The van der Waals surface area contributed by atoms with E-state index in [1.165, 1.54) is 57.8 Å². The molecule has 0 aromatic carbocycles. The molecule has 0 heteroatoms. The van der Waals surface area contributed by atoms with Crippen molar-refractivity contribution < 1.29 is 0 Å². The van der Waals surface area contributed by atoms with Crippen molar-refractivity contribution in [1.29, 1.82) is 0 Å². The molecule has 2 aliphatic carbocycles. The zero-order valence-electron chi connectivity index (χ0n) is 8.02. The second-order valence-corrected chi connectivity index (χ2v) is 4.57. The smallest absolute Gasteiger partial charge is 0.0118 e.